The van der Waals surface area contributed by atoms with Crippen molar-refractivity contribution in [2.75, 3.05) is 19.8 Å². The molecule has 0 fully saturated rings. The number of alkyl halides is 3. The molecule has 0 saturated heterocycles. The first kappa shape index (κ1) is 26.3. The maximum atomic E-state index is 13.0. The van der Waals surface area contributed by atoms with E-state index >= 15 is 0 Å². The Balaban J connectivity index is 1.48. The Morgan fingerprint density at radius 2 is 1.73 bits per heavy atom. The highest BCUT2D eigenvalue weighted by Gasteiger charge is 2.46. The van der Waals surface area contributed by atoms with E-state index in [1.807, 2.05) is 26.0 Å². The molecule has 2 heterocycles. The van der Waals surface area contributed by atoms with Crippen LogP contribution in [0, 0.1) is 19.3 Å². The molecule has 0 unspecified atom stereocenters. The Hall–Kier alpha value is -3.80. The van der Waals surface area contributed by atoms with Crippen molar-refractivity contribution in [1.82, 2.24) is 5.01 Å². The molecule has 2 aromatic carbocycles. The first-order valence-corrected chi connectivity index (χ1v) is 12.0. The molecule has 194 valence electrons. The van der Waals surface area contributed by atoms with E-state index in [0.29, 0.717) is 35.3 Å². The average Bonchev–Trinajstić information content (AvgIpc) is 3.25. The van der Waals surface area contributed by atoms with Crippen LogP contribution in [-0.4, -0.2) is 53.0 Å². The van der Waals surface area contributed by atoms with Crippen molar-refractivity contribution in [1.29, 1.82) is 5.41 Å². The van der Waals surface area contributed by atoms with Gasteiger partial charge < -0.3 is 14.2 Å². The molecule has 2 aliphatic heterocycles. The smallest absolute Gasteiger partial charge is 0.441 e. The van der Waals surface area contributed by atoms with Gasteiger partial charge in [-0.25, -0.2) is 0 Å². The number of nitrogens with zero attached hydrogens (tertiary/aromatic N) is 3. The Morgan fingerprint density at radius 1 is 1.03 bits per heavy atom. The fourth-order valence-electron chi connectivity index (χ4n) is 3.60. The summed E-state index contributed by atoms with van der Waals surface area (Å²) >= 11 is 0.203. The summed E-state index contributed by atoms with van der Waals surface area (Å²) < 4.78 is 56.3. The van der Waals surface area contributed by atoms with Gasteiger partial charge in [0.1, 0.15) is 19.0 Å². The second-order valence-corrected chi connectivity index (χ2v) is 9.04. The van der Waals surface area contributed by atoms with Crippen LogP contribution in [0.15, 0.2) is 52.1 Å². The third-order valence-electron chi connectivity index (χ3n) is 5.08. The lowest BCUT2D eigenvalue weighted by atomic mass is 10.1. The summed E-state index contributed by atoms with van der Waals surface area (Å²) in [7, 11) is 0. The van der Waals surface area contributed by atoms with Gasteiger partial charge in [-0.05, 0) is 79.6 Å². The van der Waals surface area contributed by atoms with E-state index in [1.54, 1.807) is 25.1 Å². The summed E-state index contributed by atoms with van der Waals surface area (Å²) in [6, 6.07) is 10.8. The van der Waals surface area contributed by atoms with E-state index in [-0.39, 0.29) is 29.1 Å². The number of hydrazone groups is 1. The van der Waals surface area contributed by atoms with Crippen LogP contribution in [0.25, 0.3) is 6.08 Å². The molecule has 0 bridgehead atoms. The number of carbonyl (C=O) groups is 1. The number of nitrogens with one attached hydrogen (secondary N) is 1. The number of ether oxygens (including phenoxy) is 3. The predicted octanol–water partition coefficient (Wildman–Crippen LogP) is 5.34. The van der Waals surface area contributed by atoms with Gasteiger partial charge in [0.2, 0.25) is 10.2 Å². The second kappa shape index (κ2) is 10.7. The van der Waals surface area contributed by atoms with Gasteiger partial charge in [0, 0.05) is 0 Å². The van der Waals surface area contributed by atoms with Crippen LogP contribution in [0.5, 0.6) is 17.2 Å². The van der Waals surface area contributed by atoms with E-state index in [0.717, 1.165) is 16.9 Å². The van der Waals surface area contributed by atoms with E-state index < -0.39 is 23.0 Å². The number of rotatable bonds is 8. The van der Waals surface area contributed by atoms with E-state index in [1.165, 1.54) is 6.08 Å². The van der Waals surface area contributed by atoms with Crippen molar-refractivity contribution in [3.8, 4) is 17.2 Å². The maximum Gasteiger partial charge on any atom is 0.441 e. The van der Waals surface area contributed by atoms with Crippen LogP contribution >= 0.6 is 11.8 Å². The molecular weight excluding hydrogens is 509 g/mol. The second-order valence-electron chi connectivity index (χ2n) is 8.08. The number of benzene rings is 2. The van der Waals surface area contributed by atoms with Crippen molar-refractivity contribution < 1.29 is 32.2 Å². The highest BCUT2D eigenvalue weighted by molar-refractivity contribution is 8.27. The molecule has 0 radical (unpaired) electrons. The van der Waals surface area contributed by atoms with Crippen LogP contribution in [0.3, 0.4) is 0 Å². The first-order valence-electron chi connectivity index (χ1n) is 11.2. The standard InChI is InChI=1S/C25H23F3N4O4S/c1-4-34-20-13-16(5-6-19(20)36-8-7-35-17-10-14(2)9-15(3)11-17)12-18-21(29)32-24(30-22(18)33)37-23(31-32)25(26,27)28/h5-6,9-13,29H,4,7-8H2,1-3H3/b18-12+,29-21?. The number of aliphatic imine (C=N–C) groups is 1. The summed E-state index contributed by atoms with van der Waals surface area (Å²) in [6.07, 6.45) is -3.35. The minimum absolute atomic E-state index is 0.200. The molecule has 0 aliphatic carbocycles. The quantitative estimate of drug-likeness (QED) is 0.364. The molecular formula is C25H23F3N4O4S. The van der Waals surface area contributed by atoms with Crippen LogP contribution < -0.4 is 14.2 Å². The zero-order valence-electron chi connectivity index (χ0n) is 20.2. The van der Waals surface area contributed by atoms with Crippen molar-refractivity contribution in [2.45, 2.75) is 26.9 Å². The monoisotopic (exact) mass is 532 g/mol. The predicted molar refractivity (Wildman–Crippen MR) is 136 cm³/mol. The molecule has 1 amide bonds. The molecule has 0 aromatic heterocycles. The number of fused-ring (bicyclic) bond motifs is 1. The van der Waals surface area contributed by atoms with Gasteiger partial charge in [0.05, 0.1) is 12.2 Å². The first-order chi connectivity index (χ1) is 17.5. The molecule has 2 aliphatic rings. The topological polar surface area (TPSA) is 96.6 Å². The minimum Gasteiger partial charge on any atom is -0.490 e. The van der Waals surface area contributed by atoms with Crippen molar-refractivity contribution >= 4 is 39.8 Å². The summed E-state index contributed by atoms with van der Waals surface area (Å²) in [5.41, 5.74) is 2.47. The Kier molecular flexibility index (Phi) is 7.58. The molecule has 0 saturated carbocycles. The summed E-state index contributed by atoms with van der Waals surface area (Å²) in [5, 5.41) is 10.9. The summed E-state index contributed by atoms with van der Waals surface area (Å²) in [5.74, 6) is 0.277. The van der Waals surface area contributed by atoms with Crippen LogP contribution in [0.2, 0.25) is 0 Å². The SMILES string of the molecule is CCOc1cc(/C=C2\C(=N)N3N=C(C(F)(F)F)SC3=NC2=O)ccc1OCCOc1cc(C)cc(C)c1. The largest absolute Gasteiger partial charge is 0.490 e. The van der Waals surface area contributed by atoms with Crippen LogP contribution in [0.4, 0.5) is 13.2 Å². The van der Waals surface area contributed by atoms with E-state index in [9.17, 15) is 18.0 Å². The Morgan fingerprint density at radius 3 is 2.41 bits per heavy atom. The van der Waals surface area contributed by atoms with Crippen molar-refractivity contribution in [3.63, 3.8) is 0 Å². The van der Waals surface area contributed by atoms with E-state index in [2.05, 4.69) is 16.2 Å². The zero-order valence-corrected chi connectivity index (χ0v) is 21.0. The number of carbonyl (C=O) groups excluding carboxylic acids is 1. The fraction of sp³-hybridized carbons (Fsp3) is 0.280. The molecule has 2 aromatic rings. The van der Waals surface area contributed by atoms with Crippen molar-refractivity contribution in [3.05, 3.63) is 58.7 Å². The zero-order chi connectivity index (χ0) is 26.7. The van der Waals surface area contributed by atoms with Gasteiger partial charge in [0.15, 0.2) is 17.3 Å². The van der Waals surface area contributed by atoms with Crippen molar-refractivity contribution in [2.24, 2.45) is 10.1 Å². The molecule has 1 N–H and O–H groups in total. The molecule has 0 spiro atoms. The number of aryl methyl sites for hydroxylation is 2. The lowest BCUT2D eigenvalue weighted by Gasteiger charge is -2.20. The highest BCUT2D eigenvalue weighted by Crippen LogP contribution is 2.36. The molecule has 8 nitrogen and oxygen atoms in total. The summed E-state index contributed by atoms with van der Waals surface area (Å²) in [6.45, 7) is 6.69. The summed E-state index contributed by atoms with van der Waals surface area (Å²) in [4.78, 5) is 16.2. The van der Waals surface area contributed by atoms with Gasteiger partial charge >= 0.3 is 6.18 Å². The average molecular weight is 533 g/mol. The van der Waals surface area contributed by atoms with Gasteiger partial charge in [-0.15, -0.1) is 0 Å². The third-order valence-corrected chi connectivity index (χ3v) is 6.03. The third kappa shape index (κ3) is 6.13. The van der Waals surface area contributed by atoms with Gasteiger partial charge in [-0.1, -0.05) is 12.1 Å². The molecule has 0 atom stereocenters. The van der Waals surface area contributed by atoms with Gasteiger partial charge in [0.25, 0.3) is 5.91 Å². The number of hydrogen-bond acceptors (Lipinski definition) is 7. The Labute approximate surface area is 215 Å². The van der Waals surface area contributed by atoms with Crippen LogP contribution in [0.1, 0.15) is 23.6 Å². The Bertz CT molecular complexity index is 1320. The lowest BCUT2D eigenvalue weighted by molar-refractivity contribution is -0.114. The number of hydrogen-bond donors (Lipinski definition) is 1. The van der Waals surface area contributed by atoms with E-state index in [4.69, 9.17) is 19.6 Å². The van der Waals surface area contributed by atoms with Crippen LogP contribution in [-0.2, 0) is 4.79 Å². The normalized spacial score (nSPS) is 16.5. The fourth-order valence-corrected chi connectivity index (χ4v) is 4.36. The van der Waals surface area contributed by atoms with Gasteiger partial charge in [-0.2, -0.15) is 28.3 Å². The molecule has 12 heteroatoms. The van der Waals surface area contributed by atoms with Gasteiger partial charge in [-0.3, -0.25) is 10.2 Å². The number of thioether (sulfide) groups is 1. The maximum absolute atomic E-state index is 13.0. The molecule has 37 heavy (non-hydrogen) atoms. The number of amides is 1. The highest BCUT2D eigenvalue weighted by atomic mass is 32.2. The lowest BCUT2D eigenvalue weighted by Crippen LogP contribution is -2.35. The number of amidine groups is 2. The minimum atomic E-state index is -4.70. The number of halogens is 3. The molecule has 4 rings (SSSR count).